The summed E-state index contributed by atoms with van der Waals surface area (Å²) in [6.07, 6.45) is -0.553. The van der Waals surface area contributed by atoms with E-state index in [1.165, 1.54) is 0 Å². The first-order valence-electron chi connectivity index (χ1n) is 6.11. The molecule has 1 unspecified atom stereocenters. The summed E-state index contributed by atoms with van der Waals surface area (Å²) < 4.78 is 10.7. The number of morpholine rings is 1. The van der Waals surface area contributed by atoms with E-state index in [0.29, 0.717) is 26.1 Å². The number of aliphatic hydroxyl groups is 1. The Labute approximate surface area is 103 Å². The monoisotopic (exact) mass is 245 g/mol. The molecule has 1 amide bonds. The molecule has 0 spiro atoms. The Kier molecular flexibility index (Phi) is 4.77. The first kappa shape index (κ1) is 14.3. The number of nitrogens with zero attached hydrogens (tertiary/aromatic N) is 1. The average Bonchev–Trinajstić information content (AvgIpc) is 2.26. The van der Waals surface area contributed by atoms with Crippen LogP contribution in [0.1, 0.15) is 34.1 Å². The summed E-state index contributed by atoms with van der Waals surface area (Å²) in [4.78, 5) is 13.4. The van der Waals surface area contributed by atoms with Gasteiger partial charge in [0.15, 0.2) is 0 Å². The van der Waals surface area contributed by atoms with Gasteiger partial charge < -0.3 is 19.5 Å². The van der Waals surface area contributed by atoms with E-state index < -0.39 is 11.7 Å². The summed E-state index contributed by atoms with van der Waals surface area (Å²) in [7, 11) is 0. The summed E-state index contributed by atoms with van der Waals surface area (Å²) in [6, 6.07) is 0. The van der Waals surface area contributed by atoms with Crippen LogP contribution in [-0.4, -0.2) is 53.6 Å². The van der Waals surface area contributed by atoms with Crippen molar-refractivity contribution in [1.29, 1.82) is 0 Å². The van der Waals surface area contributed by atoms with Gasteiger partial charge in [-0.25, -0.2) is 4.79 Å². The maximum absolute atomic E-state index is 11.8. The van der Waals surface area contributed by atoms with Crippen molar-refractivity contribution in [1.82, 2.24) is 4.90 Å². The second-order valence-electron chi connectivity index (χ2n) is 5.31. The highest BCUT2D eigenvalue weighted by Crippen LogP contribution is 2.15. The van der Waals surface area contributed by atoms with Crippen molar-refractivity contribution in [3.05, 3.63) is 0 Å². The molecule has 0 aromatic rings. The van der Waals surface area contributed by atoms with Crippen LogP contribution >= 0.6 is 0 Å². The van der Waals surface area contributed by atoms with Crippen LogP contribution < -0.4 is 0 Å². The minimum absolute atomic E-state index is 0.304. The molecule has 1 N–H and O–H groups in total. The Hall–Kier alpha value is -0.810. The van der Waals surface area contributed by atoms with Gasteiger partial charge in [-0.05, 0) is 27.2 Å². The van der Waals surface area contributed by atoms with E-state index >= 15 is 0 Å². The highest BCUT2D eigenvalue weighted by molar-refractivity contribution is 5.68. The van der Waals surface area contributed by atoms with Gasteiger partial charge in [-0.1, -0.05) is 6.92 Å². The molecule has 0 saturated carbocycles. The van der Waals surface area contributed by atoms with Crippen LogP contribution in [0, 0.1) is 0 Å². The third-order valence-corrected chi connectivity index (χ3v) is 2.59. The molecule has 1 saturated heterocycles. The third-order valence-electron chi connectivity index (χ3n) is 2.59. The Morgan fingerprint density at radius 1 is 1.59 bits per heavy atom. The maximum Gasteiger partial charge on any atom is 0.410 e. The van der Waals surface area contributed by atoms with Gasteiger partial charge in [-0.3, -0.25) is 0 Å². The maximum atomic E-state index is 11.8. The minimum Gasteiger partial charge on any atom is -0.444 e. The zero-order valence-electron chi connectivity index (χ0n) is 11.1. The topological polar surface area (TPSA) is 59.0 Å². The second kappa shape index (κ2) is 5.69. The van der Waals surface area contributed by atoms with E-state index in [1.807, 2.05) is 27.7 Å². The van der Waals surface area contributed by atoms with Crippen molar-refractivity contribution in [2.45, 2.75) is 51.9 Å². The van der Waals surface area contributed by atoms with Crippen LogP contribution in [0.2, 0.25) is 0 Å². The van der Waals surface area contributed by atoms with Crippen LogP contribution in [0.4, 0.5) is 4.79 Å². The molecule has 5 nitrogen and oxygen atoms in total. The summed E-state index contributed by atoms with van der Waals surface area (Å²) in [5.41, 5.74) is -0.492. The van der Waals surface area contributed by atoms with Crippen molar-refractivity contribution in [2.75, 3.05) is 19.7 Å². The number of amides is 1. The highest BCUT2D eigenvalue weighted by Gasteiger charge is 2.30. The first-order chi connectivity index (χ1) is 7.83. The Morgan fingerprint density at radius 3 is 2.76 bits per heavy atom. The lowest BCUT2D eigenvalue weighted by atomic mass is 10.1. The third kappa shape index (κ3) is 4.52. The fourth-order valence-corrected chi connectivity index (χ4v) is 1.66. The standard InChI is InChI=1S/C12H23NO4/c1-5-9(14)10-8-13(6-7-16-10)11(15)17-12(2,3)4/h9-10,14H,5-8H2,1-4H3/t9-,10?/m0/s1. The molecule has 1 aliphatic rings. The molecule has 0 radical (unpaired) electrons. The minimum atomic E-state index is -0.528. The van der Waals surface area contributed by atoms with E-state index in [9.17, 15) is 9.90 Å². The van der Waals surface area contributed by atoms with Crippen LogP contribution in [-0.2, 0) is 9.47 Å². The molecule has 1 rings (SSSR count). The molecule has 0 aromatic heterocycles. The van der Waals surface area contributed by atoms with Gasteiger partial charge in [-0.2, -0.15) is 0 Å². The lowest BCUT2D eigenvalue weighted by Crippen LogP contribution is -2.50. The van der Waals surface area contributed by atoms with E-state index in [4.69, 9.17) is 9.47 Å². The average molecular weight is 245 g/mol. The molecule has 0 aromatic carbocycles. The second-order valence-corrected chi connectivity index (χ2v) is 5.31. The smallest absolute Gasteiger partial charge is 0.410 e. The number of ether oxygens (including phenoxy) is 2. The molecule has 1 heterocycles. The number of aliphatic hydroxyl groups excluding tert-OH is 1. The van der Waals surface area contributed by atoms with E-state index in [2.05, 4.69) is 0 Å². The number of carbonyl (C=O) groups excluding carboxylic acids is 1. The molecule has 0 aliphatic carbocycles. The van der Waals surface area contributed by atoms with Crippen molar-refractivity contribution in [3.63, 3.8) is 0 Å². The predicted molar refractivity (Wildman–Crippen MR) is 63.8 cm³/mol. The summed E-state index contributed by atoms with van der Waals surface area (Å²) in [5, 5.41) is 9.71. The summed E-state index contributed by atoms with van der Waals surface area (Å²) in [6.45, 7) is 8.75. The summed E-state index contributed by atoms with van der Waals surface area (Å²) in [5.74, 6) is 0. The van der Waals surface area contributed by atoms with Gasteiger partial charge in [-0.15, -0.1) is 0 Å². The van der Waals surface area contributed by atoms with Crippen molar-refractivity contribution in [3.8, 4) is 0 Å². The largest absolute Gasteiger partial charge is 0.444 e. The van der Waals surface area contributed by atoms with Gasteiger partial charge in [0.25, 0.3) is 0 Å². The van der Waals surface area contributed by atoms with Crippen LogP contribution in [0.5, 0.6) is 0 Å². The van der Waals surface area contributed by atoms with Gasteiger partial charge >= 0.3 is 6.09 Å². The number of rotatable bonds is 2. The van der Waals surface area contributed by atoms with Gasteiger partial charge in [0, 0.05) is 6.54 Å². The molecule has 100 valence electrons. The highest BCUT2D eigenvalue weighted by atomic mass is 16.6. The van der Waals surface area contributed by atoms with Gasteiger partial charge in [0.05, 0.1) is 19.3 Å². The molecular weight excluding hydrogens is 222 g/mol. The number of hydrogen-bond donors (Lipinski definition) is 1. The molecule has 5 heteroatoms. The van der Waals surface area contributed by atoms with Crippen molar-refractivity contribution in [2.24, 2.45) is 0 Å². The quantitative estimate of drug-likeness (QED) is 0.798. The zero-order valence-corrected chi connectivity index (χ0v) is 11.1. The molecular formula is C12H23NO4. The molecule has 0 bridgehead atoms. The van der Waals surface area contributed by atoms with E-state index in [0.717, 1.165) is 0 Å². The number of hydrogen-bond acceptors (Lipinski definition) is 4. The van der Waals surface area contributed by atoms with Crippen LogP contribution in [0.25, 0.3) is 0 Å². The van der Waals surface area contributed by atoms with Crippen molar-refractivity contribution < 1.29 is 19.4 Å². The first-order valence-corrected chi connectivity index (χ1v) is 6.11. The molecule has 1 fully saturated rings. The summed E-state index contributed by atoms with van der Waals surface area (Å²) >= 11 is 0. The lowest BCUT2D eigenvalue weighted by molar-refractivity contribution is -0.0898. The van der Waals surface area contributed by atoms with Crippen LogP contribution in [0.3, 0.4) is 0 Å². The zero-order chi connectivity index (χ0) is 13.1. The van der Waals surface area contributed by atoms with Gasteiger partial charge in [0.1, 0.15) is 11.7 Å². The van der Waals surface area contributed by atoms with Crippen molar-refractivity contribution >= 4 is 6.09 Å². The normalized spacial score (nSPS) is 23.4. The Bertz CT molecular complexity index is 262. The molecule has 1 aliphatic heterocycles. The molecule has 2 atom stereocenters. The lowest BCUT2D eigenvalue weighted by Gasteiger charge is -2.35. The van der Waals surface area contributed by atoms with E-state index in [1.54, 1.807) is 4.90 Å². The predicted octanol–water partition coefficient (Wildman–Crippen LogP) is 1.39. The molecule has 17 heavy (non-hydrogen) atoms. The fourth-order valence-electron chi connectivity index (χ4n) is 1.66. The van der Waals surface area contributed by atoms with E-state index in [-0.39, 0.29) is 12.2 Å². The Balaban J connectivity index is 2.52. The Morgan fingerprint density at radius 2 is 2.24 bits per heavy atom. The van der Waals surface area contributed by atoms with Gasteiger partial charge in [0.2, 0.25) is 0 Å². The number of carbonyl (C=O) groups is 1. The van der Waals surface area contributed by atoms with Crippen LogP contribution in [0.15, 0.2) is 0 Å². The SMILES string of the molecule is CC[C@H](O)C1CN(C(=O)OC(C)(C)C)CCO1. The fraction of sp³-hybridized carbons (Fsp3) is 0.917.